The first-order valence-electron chi connectivity index (χ1n) is 9.94. The van der Waals surface area contributed by atoms with Crippen LogP contribution in [0.5, 0.6) is 0 Å². The number of hydrogen-bond acceptors (Lipinski definition) is 3. The maximum atomic E-state index is 13.0. The SMILES string of the molecule is CCCN(CC(=O)N(CCOC)Cc1cccn1C)C(=O)Nc1cccc(C)c1. The number of urea groups is 1. The summed E-state index contributed by atoms with van der Waals surface area (Å²) < 4.78 is 7.16. The van der Waals surface area contributed by atoms with Gasteiger partial charge >= 0.3 is 6.03 Å². The highest BCUT2D eigenvalue weighted by molar-refractivity contribution is 5.92. The molecule has 29 heavy (non-hydrogen) atoms. The van der Waals surface area contributed by atoms with Crippen LogP contribution < -0.4 is 5.32 Å². The van der Waals surface area contributed by atoms with Crippen LogP contribution in [0.3, 0.4) is 0 Å². The van der Waals surface area contributed by atoms with Crippen molar-refractivity contribution in [3.63, 3.8) is 0 Å². The van der Waals surface area contributed by atoms with Crippen molar-refractivity contribution in [3.8, 4) is 0 Å². The number of aryl methyl sites for hydroxylation is 2. The molecular formula is C22H32N4O3. The van der Waals surface area contributed by atoms with E-state index in [9.17, 15) is 9.59 Å². The zero-order valence-electron chi connectivity index (χ0n) is 17.9. The van der Waals surface area contributed by atoms with Crippen molar-refractivity contribution < 1.29 is 14.3 Å². The van der Waals surface area contributed by atoms with Gasteiger partial charge in [-0.1, -0.05) is 19.1 Å². The number of methoxy groups -OCH3 is 1. The molecule has 1 aromatic heterocycles. The lowest BCUT2D eigenvalue weighted by Crippen LogP contribution is -2.45. The topological polar surface area (TPSA) is 66.8 Å². The van der Waals surface area contributed by atoms with E-state index in [0.717, 1.165) is 23.4 Å². The minimum atomic E-state index is -0.267. The predicted octanol–water partition coefficient (Wildman–Crippen LogP) is 3.25. The van der Waals surface area contributed by atoms with Crippen LogP contribution in [0.4, 0.5) is 10.5 Å². The summed E-state index contributed by atoms with van der Waals surface area (Å²) in [4.78, 5) is 29.1. The number of carbonyl (C=O) groups excluding carboxylic acids is 2. The third kappa shape index (κ3) is 6.94. The molecule has 0 unspecified atom stereocenters. The molecule has 158 valence electrons. The van der Waals surface area contributed by atoms with E-state index >= 15 is 0 Å². The van der Waals surface area contributed by atoms with Crippen molar-refractivity contribution in [2.75, 3.05) is 38.7 Å². The fourth-order valence-corrected chi connectivity index (χ4v) is 3.06. The molecule has 0 saturated heterocycles. The van der Waals surface area contributed by atoms with Gasteiger partial charge in [0.15, 0.2) is 0 Å². The third-order valence-corrected chi connectivity index (χ3v) is 4.70. The standard InChI is InChI=1S/C22H32N4O3/c1-5-11-26(22(28)23-19-9-6-8-18(2)15-19)17-21(27)25(13-14-29-4)16-20-10-7-12-24(20)3/h6-10,12,15H,5,11,13-14,16-17H2,1-4H3,(H,23,28). The number of aromatic nitrogens is 1. The second kappa shape index (κ2) is 11.3. The molecule has 0 fully saturated rings. The Labute approximate surface area is 173 Å². The Kier molecular flexibility index (Phi) is 8.73. The summed E-state index contributed by atoms with van der Waals surface area (Å²) in [5.74, 6) is -0.101. The lowest BCUT2D eigenvalue weighted by atomic mass is 10.2. The Morgan fingerprint density at radius 2 is 1.93 bits per heavy atom. The molecule has 0 saturated carbocycles. The van der Waals surface area contributed by atoms with E-state index in [1.165, 1.54) is 0 Å². The molecule has 0 atom stereocenters. The van der Waals surface area contributed by atoms with Crippen LogP contribution in [0.15, 0.2) is 42.6 Å². The number of hydrogen-bond donors (Lipinski definition) is 1. The van der Waals surface area contributed by atoms with Gasteiger partial charge in [0, 0.05) is 44.8 Å². The molecule has 3 amide bonds. The highest BCUT2D eigenvalue weighted by Crippen LogP contribution is 2.12. The number of nitrogens with zero attached hydrogens (tertiary/aromatic N) is 3. The van der Waals surface area contributed by atoms with Crippen molar-refractivity contribution in [2.24, 2.45) is 7.05 Å². The lowest BCUT2D eigenvalue weighted by Gasteiger charge is -2.27. The van der Waals surface area contributed by atoms with Crippen molar-refractivity contribution in [2.45, 2.75) is 26.8 Å². The van der Waals surface area contributed by atoms with Gasteiger partial charge in [-0.25, -0.2) is 4.79 Å². The molecule has 2 rings (SSSR count). The first-order valence-corrected chi connectivity index (χ1v) is 9.94. The minimum Gasteiger partial charge on any atom is -0.383 e. The molecule has 0 aliphatic heterocycles. The van der Waals surface area contributed by atoms with Crippen molar-refractivity contribution in [1.82, 2.24) is 14.4 Å². The largest absolute Gasteiger partial charge is 0.383 e. The van der Waals surface area contributed by atoms with Crippen molar-refractivity contribution in [1.29, 1.82) is 0 Å². The lowest BCUT2D eigenvalue weighted by molar-refractivity contribution is -0.133. The van der Waals surface area contributed by atoms with Crippen molar-refractivity contribution >= 4 is 17.6 Å². The molecule has 0 aliphatic rings. The Balaban J connectivity index is 2.07. The van der Waals surface area contributed by atoms with E-state index in [2.05, 4.69) is 5.32 Å². The minimum absolute atomic E-state index is 0.0274. The molecule has 0 spiro atoms. The number of ether oxygens (including phenoxy) is 1. The van der Waals surface area contributed by atoms with Crippen LogP contribution in [0.1, 0.15) is 24.6 Å². The molecule has 7 nitrogen and oxygen atoms in total. The van der Waals surface area contributed by atoms with Crippen LogP contribution >= 0.6 is 0 Å². The second-order valence-corrected chi connectivity index (χ2v) is 7.14. The fourth-order valence-electron chi connectivity index (χ4n) is 3.06. The van der Waals surface area contributed by atoms with Crippen LogP contribution in [-0.2, 0) is 23.1 Å². The highest BCUT2D eigenvalue weighted by Gasteiger charge is 2.21. The maximum absolute atomic E-state index is 13.0. The average molecular weight is 401 g/mol. The number of benzene rings is 1. The zero-order valence-corrected chi connectivity index (χ0v) is 17.9. The number of anilines is 1. The van der Waals surface area contributed by atoms with E-state index in [1.807, 2.05) is 68.1 Å². The summed E-state index contributed by atoms with van der Waals surface area (Å²) in [6.45, 7) is 5.89. The van der Waals surface area contributed by atoms with Crippen LogP contribution in [0, 0.1) is 6.92 Å². The third-order valence-electron chi connectivity index (χ3n) is 4.70. The van der Waals surface area contributed by atoms with Gasteiger partial charge in [-0.2, -0.15) is 0 Å². The van der Waals surface area contributed by atoms with E-state index in [1.54, 1.807) is 16.9 Å². The van der Waals surface area contributed by atoms with E-state index < -0.39 is 0 Å². The Bertz CT molecular complexity index is 803. The quantitative estimate of drug-likeness (QED) is 0.666. The summed E-state index contributed by atoms with van der Waals surface area (Å²) in [6.07, 6.45) is 2.72. The molecule has 7 heteroatoms. The normalized spacial score (nSPS) is 10.6. The molecule has 1 aromatic carbocycles. The molecule has 0 radical (unpaired) electrons. The predicted molar refractivity (Wildman–Crippen MR) is 115 cm³/mol. The second-order valence-electron chi connectivity index (χ2n) is 7.14. The van der Waals surface area contributed by atoms with Gasteiger partial charge in [-0.3, -0.25) is 4.79 Å². The molecule has 0 aliphatic carbocycles. The van der Waals surface area contributed by atoms with Crippen LogP contribution in [0.25, 0.3) is 0 Å². The average Bonchev–Trinajstić information content (AvgIpc) is 3.09. The van der Waals surface area contributed by atoms with Crippen LogP contribution in [-0.4, -0.2) is 59.7 Å². The molecule has 0 bridgehead atoms. The number of rotatable bonds is 10. The first kappa shape index (κ1) is 22.5. The smallest absolute Gasteiger partial charge is 0.322 e. The van der Waals surface area contributed by atoms with E-state index in [0.29, 0.717) is 26.2 Å². The summed E-state index contributed by atoms with van der Waals surface area (Å²) >= 11 is 0. The Morgan fingerprint density at radius 1 is 1.14 bits per heavy atom. The number of amides is 3. The first-order chi connectivity index (χ1) is 13.9. The Morgan fingerprint density at radius 3 is 2.55 bits per heavy atom. The highest BCUT2D eigenvalue weighted by atomic mass is 16.5. The van der Waals surface area contributed by atoms with Gasteiger partial charge in [0.05, 0.1) is 13.2 Å². The summed E-state index contributed by atoms with van der Waals surface area (Å²) in [5.41, 5.74) is 2.82. The van der Waals surface area contributed by atoms with E-state index in [4.69, 9.17) is 4.74 Å². The molecule has 2 aromatic rings. The Hall–Kier alpha value is -2.80. The monoisotopic (exact) mass is 400 g/mol. The van der Waals surface area contributed by atoms with Gasteiger partial charge in [0.1, 0.15) is 6.54 Å². The zero-order chi connectivity index (χ0) is 21.2. The van der Waals surface area contributed by atoms with E-state index in [-0.39, 0.29) is 18.5 Å². The molecule has 1 N–H and O–H groups in total. The van der Waals surface area contributed by atoms with Gasteiger partial charge in [0.25, 0.3) is 0 Å². The van der Waals surface area contributed by atoms with Crippen molar-refractivity contribution in [3.05, 3.63) is 53.9 Å². The van der Waals surface area contributed by atoms with Gasteiger partial charge in [0.2, 0.25) is 5.91 Å². The summed E-state index contributed by atoms with van der Waals surface area (Å²) in [5, 5.41) is 2.90. The summed E-state index contributed by atoms with van der Waals surface area (Å²) in [7, 11) is 3.57. The van der Waals surface area contributed by atoms with Gasteiger partial charge in [-0.05, 0) is 43.2 Å². The fraction of sp³-hybridized carbons (Fsp3) is 0.455. The molecular weight excluding hydrogens is 368 g/mol. The molecule has 1 heterocycles. The van der Waals surface area contributed by atoms with Gasteiger partial charge in [-0.15, -0.1) is 0 Å². The van der Waals surface area contributed by atoms with Gasteiger partial charge < -0.3 is 24.4 Å². The maximum Gasteiger partial charge on any atom is 0.322 e. The number of carbonyl (C=O) groups is 2. The van der Waals surface area contributed by atoms with Crippen LogP contribution in [0.2, 0.25) is 0 Å². The number of nitrogens with one attached hydrogen (secondary N) is 1. The summed E-state index contributed by atoms with van der Waals surface area (Å²) in [6, 6.07) is 11.3.